The number of hydrogen-bond donors (Lipinski definition) is 1. The van der Waals surface area contributed by atoms with Gasteiger partial charge in [0.15, 0.2) is 0 Å². The van der Waals surface area contributed by atoms with Gasteiger partial charge in [0.1, 0.15) is 12.1 Å². The zero-order chi connectivity index (χ0) is 15.5. The molecule has 0 aromatic carbocycles. The number of hydrogen-bond acceptors (Lipinski definition) is 2. The highest BCUT2D eigenvalue weighted by Gasteiger charge is 2.44. The van der Waals surface area contributed by atoms with Gasteiger partial charge >= 0.3 is 0 Å². The molecule has 20 heavy (non-hydrogen) atoms. The third kappa shape index (κ3) is 3.93. The summed E-state index contributed by atoms with van der Waals surface area (Å²) in [5, 5.41) is 2.84. The molecule has 5 heteroatoms. The second kappa shape index (κ2) is 6.55. The fourth-order valence-corrected chi connectivity index (χ4v) is 2.53. The molecule has 1 aliphatic rings. The highest BCUT2D eigenvalue weighted by molar-refractivity contribution is 5.97. The van der Waals surface area contributed by atoms with Crippen LogP contribution in [0, 0.1) is 11.3 Å². The van der Waals surface area contributed by atoms with E-state index in [1.807, 2.05) is 34.6 Å². The third-order valence-corrected chi connectivity index (χ3v) is 3.59. The second-order valence-electron chi connectivity index (χ2n) is 7.03. The first-order valence-electron chi connectivity index (χ1n) is 7.35. The quantitative estimate of drug-likeness (QED) is 0.841. The molecule has 0 aromatic heterocycles. The summed E-state index contributed by atoms with van der Waals surface area (Å²) >= 11 is 0. The standard InChI is InChI=1S/C15H27FN2O2/c1-10(2)9-11-13(19)17-12(15(3,4)5)14(20)18(11)8-6-7-16/h10-12H,6-9H2,1-5H3,(H,17,19). The molecule has 0 aliphatic carbocycles. The first kappa shape index (κ1) is 16.9. The molecule has 2 atom stereocenters. The van der Waals surface area contributed by atoms with E-state index in [-0.39, 0.29) is 23.7 Å². The maximum atomic E-state index is 12.6. The molecule has 2 amide bonds. The van der Waals surface area contributed by atoms with Crippen LogP contribution in [0.2, 0.25) is 0 Å². The summed E-state index contributed by atoms with van der Waals surface area (Å²) in [6.45, 7) is 9.64. The molecule has 1 N–H and O–H groups in total. The van der Waals surface area contributed by atoms with Crippen LogP contribution >= 0.6 is 0 Å². The largest absolute Gasteiger partial charge is 0.342 e. The molecule has 1 saturated heterocycles. The van der Waals surface area contributed by atoms with Gasteiger partial charge in [0.25, 0.3) is 0 Å². The lowest BCUT2D eigenvalue weighted by molar-refractivity contribution is -0.153. The number of alkyl halides is 1. The average Bonchev–Trinajstić information content (AvgIpc) is 2.31. The summed E-state index contributed by atoms with van der Waals surface area (Å²) in [4.78, 5) is 26.5. The molecule has 1 aliphatic heterocycles. The number of carbonyl (C=O) groups excluding carboxylic acids is 2. The molecule has 0 saturated carbocycles. The summed E-state index contributed by atoms with van der Waals surface area (Å²) in [5.74, 6) is 0.103. The van der Waals surface area contributed by atoms with Crippen LogP contribution in [0.5, 0.6) is 0 Å². The van der Waals surface area contributed by atoms with Gasteiger partial charge in [0, 0.05) is 6.54 Å². The van der Waals surface area contributed by atoms with Gasteiger partial charge in [-0.3, -0.25) is 14.0 Å². The second-order valence-corrected chi connectivity index (χ2v) is 7.03. The lowest BCUT2D eigenvalue weighted by atomic mass is 9.83. The predicted molar refractivity (Wildman–Crippen MR) is 76.9 cm³/mol. The van der Waals surface area contributed by atoms with Crippen LogP contribution in [0.4, 0.5) is 4.39 Å². The number of rotatable bonds is 5. The van der Waals surface area contributed by atoms with Crippen LogP contribution in [-0.2, 0) is 9.59 Å². The summed E-state index contributed by atoms with van der Waals surface area (Å²) in [6.07, 6.45) is 0.894. The Morgan fingerprint density at radius 1 is 1.30 bits per heavy atom. The molecule has 116 valence electrons. The van der Waals surface area contributed by atoms with Crippen LogP contribution < -0.4 is 5.32 Å². The van der Waals surface area contributed by atoms with E-state index in [1.165, 1.54) is 0 Å². The summed E-state index contributed by atoms with van der Waals surface area (Å²) in [5.41, 5.74) is -0.344. The minimum Gasteiger partial charge on any atom is -0.342 e. The Balaban J connectivity index is 2.98. The minimum atomic E-state index is -0.530. The Labute approximate surface area is 121 Å². The zero-order valence-electron chi connectivity index (χ0n) is 13.2. The van der Waals surface area contributed by atoms with Gasteiger partial charge in [-0.05, 0) is 24.2 Å². The fourth-order valence-electron chi connectivity index (χ4n) is 2.53. The van der Waals surface area contributed by atoms with Gasteiger partial charge < -0.3 is 10.2 Å². The van der Waals surface area contributed by atoms with Crippen molar-refractivity contribution in [1.82, 2.24) is 10.2 Å². The smallest absolute Gasteiger partial charge is 0.246 e. The maximum Gasteiger partial charge on any atom is 0.246 e. The lowest BCUT2D eigenvalue weighted by Crippen LogP contribution is -2.66. The summed E-state index contributed by atoms with van der Waals surface area (Å²) in [6, 6.07) is -0.995. The SMILES string of the molecule is CC(C)CC1C(=O)NC(C(C)(C)C)C(=O)N1CCCF. The van der Waals surface area contributed by atoms with Gasteiger partial charge in [0.05, 0.1) is 6.67 Å². The predicted octanol–water partition coefficient (Wildman–Crippen LogP) is 2.13. The van der Waals surface area contributed by atoms with Crippen molar-refractivity contribution in [1.29, 1.82) is 0 Å². The van der Waals surface area contributed by atoms with Crippen molar-refractivity contribution in [3.63, 3.8) is 0 Å². The van der Waals surface area contributed by atoms with E-state index in [4.69, 9.17) is 0 Å². The molecule has 1 rings (SSSR count). The number of nitrogens with zero attached hydrogens (tertiary/aromatic N) is 1. The fraction of sp³-hybridized carbons (Fsp3) is 0.867. The van der Waals surface area contributed by atoms with E-state index < -0.39 is 18.8 Å². The van der Waals surface area contributed by atoms with Crippen molar-refractivity contribution in [2.45, 2.75) is 59.5 Å². The van der Waals surface area contributed by atoms with E-state index in [2.05, 4.69) is 5.32 Å². The van der Waals surface area contributed by atoms with E-state index in [0.29, 0.717) is 18.9 Å². The van der Waals surface area contributed by atoms with Crippen molar-refractivity contribution in [2.24, 2.45) is 11.3 Å². The van der Waals surface area contributed by atoms with E-state index in [0.717, 1.165) is 0 Å². The molecular formula is C15H27FN2O2. The lowest BCUT2D eigenvalue weighted by Gasteiger charge is -2.43. The Morgan fingerprint density at radius 3 is 2.35 bits per heavy atom. The number of piperazine rings is 1. The molecule has 0 radical (unpaired) electrons. The van der Waals surface area contributed by atoms with Crippen molar-refractivity contribution < 1.29 is 14.0 Å². The van der Waals surface area contributed by atoms with Crippen LogP contribution in [0.25, 0.3) is 0 Å². The summed E-state index contributed by atoms with van der Waals surface area (Å²) < 4.78 is 12.5. The molecule has 1 fully saturated rings. The van der Waals surface area contributed by atoms with Crippen molar-refractivity contribution in [2.75, 3.05) is 13.2 Å². The van der Waals surface area contributed by atoms with Crippen LogP contribution in [0.1, 0.15) is 47.5 Å². The third-order valence-electron chi connectivity index (χ3n) is 3.59. The Kier molecular flexibility index (Phi) is 5.54. The Hall–Kier alpha value is -1.13. The van der Waals surface area contributed by atoms with Gasteiger partial charge in [-0.15, -0.1) is 0 Å². The molecule has 0 spiro atoms. The topological polar surface area (TPSA) is 49.4 Å². The van der Waals surface area contributed by atoms with Crippen LogP contribution in [-0.4, -0.2) is 42.0 Å². The normalized spacial score (nSPS) is 24.2. The van der Waals surface area contributed by atoms with Crippen molar-refractivity contribution >= 4 is 11.8 Å². The van der Waals surface area contributed by atoms with E-state index >= 15 is 0 Å². The molecule has 2 unspecified atom stereocenters. The zero-order valence-corrected chi connectivity index (χ0v) is 13.2. The Morgan fingerprint density at radius 2 is 1.90 bits per heavy atom. The first-order chi connectivity index (χ1) is 9.18. The van der Waals surface area contributed by atoms with E-state index in [9.17, 15) is 14.0 Å². The van der Waals surface area contributed by atoms with Crippen LogP contribution in [0.15, 0.2) is 0 Å². The van der Waals surface area contributed by atoms with Crippen LogP contribution in [0.3, 0.4) is 0 Å². The Bertz CT molecular complexity index is 363. The van der Waals surface area contributed by atoms with Gasteiger partial charge in [-0.25, -0.2) is 0 Å². The molecular weight excluding hydrogens is 259 g/mol. The van der Waals surface area contributed by atoms with Gasteiger partial charge in [-0.2, -0.15) is 0 Å². The van der Waals surface area contributed by atoms with Gasteiger partial charge in [0.2, 0.25) is 11.8 Å². The molecule has 1 heterocycles. The molecule has 0 bridgehead atoms. The summed E-state index contributed by atoms with van der Waals surface area (Å²) in [7, 11) is 0. The monoisotopic (exact) mass is 286 g/mol. The first-order valence-corrected chi connectivity index (χ1v) is 7.35. The van der Waals surface area contributed by atoms with E-state index in [1.54, 1.807) is 4.90 Å². The number of amides is 2. The molecule has 4 nitrogen and oxygen atoms in total. The maximum absolute atomic E-state index is 12.6. The van der Waals surface area contributed by atoms with Crippen molar-refractivity contribution in [3.8, 4) is 0 Å². The van der Waals surface area contributed by atoms with Crippen molar-refractivity contribution in [3.05, 3.63) is 0 Å². The number of nitrogens with one attached hydrogen (secondary N) is 1. The minimum absolute atomic E-state index is 0.0869. The number of carbonyl (C=O) groups is 2. The average molecular weight is 286 g/mol. The number of halogens is 1. The van der Waals surface area contributed by atoms with Gasteiger partial charge in [-0.1, -0.05) is 34.6 Å². The highest BCUT2D eigenvalue weighted by atomic mass is 19.1. The molecule has 0 aromatic rings. The highest BCUT2D eigenvalue weighted by Crippen LogP contribution is 2.27.